The molecule has 0 heterocycles. The Morgan fingerprint density at radius 2 is 1.00 bits per heavy atom. The number of hydrogen-bond acceptors (Lipinski definition) is 4. The molecule has 0 aliphatic carbocycles. The van der Waals surface area contributed by atoms with Gasteiger partial charge in [0, 0.05) is 10.7 Å². The Balaban J connectivity index is -0.0000000160. The fraction of sp³-hybridized carbons (Fsp3) is 0. The van der Waals surface area contributed by atoms with Gasteiger partial charge in [-0.1, -0.05) is 0 Å². The van der Waals surface area contributed by atoms with Gasteiger partial charge in [-0.3, -0.25) is 20.2 Å². The molecule has 0 spiro atoms. The van der Waals surface area contributed by atoms with E-state index in [4.69, 9.17) is 20.2 Å². The van der Waals surface area contributed by atoms with Gasteiger partial charge < -0.3 is 0 Å². The van der Waals surface area contributed by atoms with Crippen molar-refractivity contribution in [2.75, 3.05) is 0 Å². The molecule has 0 saturated carbocycles. The monoisotopic (exact) mass is 148 g/mol. The molecule has 0 bridgehead atoms. The van der Waals surface area contributed by atoms with Crippen LogP contribution in [0.1, 0.15) is 0 Å². The topological polar surface area (TPSA) is 108 Å². The van der Waals surface area contributed by atoms with E-state index in [9.17, 15) is 0 Å². The van der Waals surface area contributed by atoms with E-state index in [-0.39, 0.29) is 57.6 Å². The summed E-state index contributed by atoms with van der Waals surface area (Å²) in [5, 5.41) is 16.8. The molecule has 0 amide bonds. The zero-order valence-corrected chi connectivity index (χ0v) is 2.63. The minimum absolute atomic E-state index is 0. The molecule has 0 aromatic rings. The zero-order valence-electron chi connectivity index (χ0n) is 2.63. The van der Waals surface area contributed by atoms with Crippen LogP contribution in [0.3, 0.4) is 0 Å². The van der Waals surface area contributed by atoms with E-state index >= 15 is 0 Å². The van der Waals surface area contributed by atoms with Crippen LogP contribution in [-0.4, -0.2) is 46.9 Å². The first-order valence-electron chi connectivity index (χ1n) is 0.816. The van der Waals surface area contributed by atoms with Crippen LogP contribution in [0.15, 0.2) is 0 Å². The van der Waals surface area contributed by atoms with Crippen molar-refractivity contribution in [3.63, 3.8) is 0 Å². The molecule has 0 atom stereocenters. The van der Waals surface area contributed by atoms with E-state index in [0.717, 1.165) is 0 Å². The van der Waals surface area contributed by atoms with Gasteiger partial charge in [0.05, 0.1) is 0 Å². The van der Waals surface area contributed by atoms with E-state index in [1.165, 1.54) is 0 Å². The van der Waals surface area contributed by atoms with Gasteiger partial charge in [0.25, 0.3) is 0 Å². The van der Waals surface area contributed by atoms with Crippen molar-refractivity contribution in [3.8, 4) is 0 Å². The molecule has 0 unspecified atom stereocenters. The summed E-state index contributed by atoms with van der Waals surface area (Å²) in [6, 6.07) is 0. The fourth-order valence-electron chi connectivity index (χ4n) is 0. The van der Waals surface area contributed by atoms with Crippen LogP contribution >= 0.6 is 0 Å². The maximum atomic E-state index is 8.12. The van der Waals surface area contributed by atoms with Crippen LogP contribution in [0.2, 0.25) is 0 Å². The normalized spacial score (nSPS) is 3.00. The van der Waals surface area contributed by atoms with Crippen molar-refractivity contribution in [2.45, 2.75) is 0 Å². The Morgan fingerprint density at radius 1 is 1.00 bits per heavy atom. The molecule has 6 nitrogen and oxygen atoms in total. The number of nitrogens with one attached hydrogen (secondary N) is 2. The van der Waals surface area contributed by atoms with Crippen molar-refractivity contribution in [3.05, 3.63) is 20.2 Å². The van der Waals surface area contributed by atoms with Crippen LogP contribution in [0.25, 0.3) is 0 Å². The summed E-state index contributed by atoms with van der Waals surface area (Å²) in [5.74, 6) is 0. The summed E-state index contributed by atoms with van der Waals surface area (Å²) in [7, 11) is 0. The quantitative estimate of drug-likeness (QED) is 0.203. The second-order valence-corrected chi connectivity index (χ2v) is 0.167. The van der Waals surface area contributed by atoms with Gasteiger partial charge >= 0.3 is 29.6 Å². The zero-order chi connectivity index (χ0) is 5.41. The summed E-state index contributed by atoms with van der Waals surface area (Å²) in [4.78, 5) is 16.2. The Labute approximate surface area is 77.6 Å². The van der Waals surface area contributed by atoms with E-state index in [1.54, 1.807) is 0 Å². The first-order chi connectivity index (χ1) is 2.83. The standard InChI is InChI=1S/Al.2HNO2.Na.4H/c;2*2-1-3;;;;;/h;2*1H;;;;;. The Morgan fingerprint density at radius 3 is 1.00 bits per heavy atom. The summed E-state index contributed by atoms with van der Waals surface area (Å²) in [6.07, 6.45) is 0. The molecule has 0 aromatic carbocycles. The van der Waals surface area contributed by atoms with Gasteiger partial charge in [0.2, 0.25) is 0 Å². The van der Waals surface area contributed by atoms with Crippen molar-refractivity contribution >= 4 is 46.9 Å². The SMILES string of the molecule is O=[NH+][O-].O=[NH+][O-].[AlH3].[NaH]. The van der Waals surface area contributed by atoms with Gasteiger partial charge in [-0.25, -0.2) is 0 Å². The Hall–Kier alpha value is 0.332. The second-order valence-electron chi connectivity index (χ2n) is 0.167. The first kappa shape index (κ1) is 23.9. The summed E-state index contributed by atoms with van der Waals surface area (Å²) in [6.45, 7) is 0. The van der Waals surface area contributed by atoms with Crippen molar-refractivity contribution in [2.24, 2.45) is 0 Å². The predicted molar refractivity (Wildman–Crippen MR) is 32.5 cm³/mol. The molecule has 0 aliphatic heterocycles. The average Bonchev–Trinajstić information content (AvgIpc) is 1.39. The number of hydrogen-bond donors (Lipinski definition) is 2. The van der Waals surface area contributed by atoms with Crippen molar-refractivity contribution in [1.29, 1.82) is 0 Å². The van der Waals surface area contributed by atoms with Gasteiger partial charge in [-0.15, -0.1) is 0 Å². The molecule has 0 fully saturated rings. The van der Waals surface area contributed by atoms with Gasteiger partial charge in [0.1, 0.15) is 0 Å². The second kappa shape index (κ2) is 54.0. The van der Waals surface area contributed by atoms with Crippen molar-refractivity contribution in [1.82, 2.24) is 0 Å². The molecule has 0 aromatic heterocycles. The molecule has 0 radical (unpaired) electrons. The number of rotatable bonds is 0. The third-order valence-electron chi connectivity index (χ3n) is 0. The summed E-state index contributed by atoms with van der Waals surface area (Å²) < 4.78 is 0. The summed E-state index contributed by atoms with van der Waals surface area (Å²) >= 11 is 0. The molecule has 0 saturated heterocycles. The van der Waals surface area contributed by atoms with Crippen LogP contribution in [-0.2, 0) is 0 Å². The van der Waals surface area contributed by atoms with Crippen LogP contribution in [0.4, 0.5) is 0 Å². The summed E-state index contributed by atoms with van der Waals surface area (Å²) in [5.41, 5.74) is 0. The van der Waals surface area contributed by atoms with Crippen molar-refractivity contribution < 1.29 is 10.7 Å². The maximum absolute atomic E-state index is 8.12. The minimum atomic E-state index is 0. The third kappa shape index (κ3) is 1630. The van der Waals surface area contributed by atoms with Crippen LogP contribution < -0.4 is 10.7 Å². The Bertz CT molecular complexity index is 35.0. The molecule has 44 valence electrons. The first-order valence-corrected chi connectivity index (χ1v) is 0.816. The van der Waals surface area contributed by atoms with Crippen LogP contribution in [0, 0.1) is 20.2 Å². The molecule has 8 heteroatoms. The van der Waals surface area contributed by atoms with Gasteiger partial charge in [0.15, 0.2) is 17.4 Å². The van der Waals surface area contributed by atoms with Gasteiger partial charge in [-0.05, 0) is 0 Å². The van der Waals surface area contributed by atoms with Crippen LogP contribution in [0.5, 0.6) is 0 Å². The molecular weight excluding hydrogens is 142 g/mol. The molecular formula is H6AlN2NaO4. The van der Waals surface area contributed by atoms with E-state index in [2.05, 4.69) is 0 Å². The molecule has 2 N–H and O–H groups in total. The van der Waals surface area contributed by atoms with Gasteiger partial charge in [-0.2, -0.15) is 0 Å². The van der Waals surface area contributed by atoms with E-state index < -0.39 is 0 Å². The van der Waals surface area contributed by atoms with E-state index in [1.807, 2.05) is 0 Å². The Kier molecular flexibility index (Phi) is 161. The predicted octanol–water partition coefficient (Wildman–Crippen LogP) is -5.17. The third-order valence-corrected chi connectivity index (χ3v) is 0. The van der Waals surface area contributed by atoms with E-state index in [0.29, 0.717) is 0 Å². The average molecular weight is 148 g/mol. The molecule has 0 aliphatic rings. The fourth-order valence-corrected chi connectivity index (χ4v) is 0. The molecule has 8 heavy (non-hydrogen) atoms. The molecule has 0 rings (SSSR count).